The van der Waals surface area contributed by atoms with Gasteiger partial charge >= 0.3 is 0 Å². The van der Waals surface area contributed by atoms with E-state index in [0.29, 0.717) is 11.3 Å². The first-order valence-electron chi connectivity index (χ1n) is 4.26. The lowest BCUT2D eigenvalue weighted by molar-refractivity contribution is -0.119. The molecule has 1 aliphatic carbocycles. The molecule has 0 bridgehead atoms. The van der Waals surface area contributed by atoms with Gasteiger partial charge in [-0.2, -0.15) is 0 Å². The average Bonchev–Trinajstić information content (AvgIpc) is 2.59. The Morgan fingerprint density at radius 1 is 1.40 bits per heavy atom. The number of hydrogen-bond donors (Lipinski definition) is 3. The summed E-state index contributed by atoms with van der Waals surface area (Å²) in [5.41, 5.74) is 13.8. The van der Waals surface area contributed by atoms with E-state index in [9.17, 15) is 9.59 Å². The number of primary amides is 2. The van der Waals surface area contributed by atoms with E-state index in [1.54, 1.807) is 18.2 Å². The molecule has 2 rings (SSSR count). The molecule has 78 valence electrons. The smallest absolute Gasteiger partial charge is 0.287 e. The summed E-state index contributed by atoms with van der Waals surface area (Å²) in [6.07, 6.45) is 4.75. The summed E-state index contributed by atoms with van der Waals surface area (Å²) < 4.78 is 0. The Balaban J connectivity index is 2.37. The van der Waals surface area contributed by atoms with Crippen LogP contribution in [0.4, 0.5) is 0 Å². The Bertz CT molecular complexity index is 434. The van der Waals surface area contributed by atoms with Gasteiger partial charge in [0.05, 0.1) is 17.2 Å². The molecule has 2 amide bonds. The molecule has 0 aromatic heterocycles. The van der Waals surface area contributed by atoms with E-state index < -0.39 is 17.7 Å². The molecule has 0 saturated heterocycles. The minimum Gasteiger partial charge on any atom is -0.376 e. The SMILES string of the molecule is NC(=O)C1=C2C=C[C@H](C(N)=O)C=C2NO1. The van der Waals surface area contributed by atoms with Crippen molar-refractivity contribution < 1.29 is 14.4 Å². The maximum absolute atomic E-state index is 10.9. The summed E-state index contributed by atoms with van der Waals surface area (Å²) in [7, 11) is 0. The summed E-state index contributed by atoms with van der Waals surface area (Å²) >= 11 is 0. The number of carbonyl (C=O) groups is 2. The number of amides is 2. The largest absolute Gasteiger partial charge is 0.376 e. The van der Waals surface area contributed by atoms with Crippen LogP contribution in [0.15, 0.2) is 35.3 Å². The molecule has 6 nitrogen and oxygen atoms in total. The molecule has 5 N–H and O–H groups in total. The Hall–Kier alpha value is -2.24. The van der Waals surface area contributed by atoms with Crippen molar-refractivity contribution in [2.45, 2.75) is 0 Å². The number of hydroxylamine groups is 1. The number of allylic oxidation sites excluding steroid dienone is 1. The van der Waals surface area contributed by atoms with Crippen molar-refractivity contribution >= 4 is 11.8 Å². The Kier molecular flexibility index (Phi) is 1.96. The van der Waals surface area contributed by atoms with Crippen LogP contribution >= 0.6 is 0 Å². The topological polar surface area (TPSA) is 107 Å². The molecule has 15 heavy (non-hydrogen) atoms. The van der Waals surface area contributed by atoms with Gasteiger partial charge in [0.2, 0.25) is 11.7 Å². The monoisotopic (exact) mass is 207 g/mol. The molecule has 0 radical (unpaired) electrons. The van der Waals surface area contributed by atoms with E-state index in [-0.39, 0.29) is 5.76 Å². The van der Waals surface area contributed by atoms with Crippen LogP contribution in [0, 0.1) is 5.92 Å². The van der Waals surface area contributed by atoms with E-state index in [1.165, 1.54) is 0 Å². The molecule has 1 heterocycles. The highest BCUT2D eigenvalue weighted by Crippen LogP contribution is 2.27. The average molecular weight is 207 g/mol. The van der Waals surface area contributed by atoms with Crippen LogP contribution in [0.5, 0.6) is 0 Å². The van der Waals surface area contributed by atoms with E-state index in [2.05, 4.69) is 5.48 Å². The molecule has 1 atom stereocenters. The second kappa shape index (κ2) is 3.16. The van der Waals surface area contributed by atoms with Crippen LogP contribution in [0.1, 0.15) is 0 Å². The zero-order valence-electron chi connectivity index (χ0n) is 7.69. The number of rotatable bonds is 2. The first-order chi connectivity index (χ1) is 7.09. The van der Waals surface area contributed by atoms with Crippen LogP contribution in [0.3, 0.4) is 0 Å². The van der Waals surface area contributed by atoms with Gasteiger partial charge in [-0.15, -0.1) is 0 Å². The van der Waals surface area contributed by atoms with Crippen molar-refractivity contribution in [3.05, 3.63) is 35.3 Å². The maximum Gasteiger partial charge on any atom is 0.287 e. The lowest BCUT2D eigenvalue weighted by Crippen LogP contribution is -2.22. The molecule has 0 saturated carbocycles. The predicted octanol–water partition coefficient (Wildman–Crippen LogP) is -1.18. The number of hydrogen-bond acceptors (Lipinski definition) is 4. The van der Waals surface area contributed by atoms with Crippen LogP contribution in [0.2, 0.25) is 0 Å². The van der Waals surface area contributed by atoms with Crippen molar-refractivity contribution in [2.24, 2.45) is 17.4 Å². The van der Waals surface area contributed by atoms with Gasteiger partial charge in [0.15, 0.2) is 0 Å². The van der Waals surface area contributed by atoms with Crippen molar-refractivity contribution in [3.8, 4) is 0 Å². The molecule has 0 spiro atoms. The van der Waals surface area contributed by atoms with Gasteiger partial charge < -0.3 is 16.3 Å². The highest BCUT2D eigenvalue weighted by Gasteiger charge is 2.28. The molecule has 2 aliphatic rings. The number of fused-ring (bicyclic) bond motifs is 1. The van der Waals surface area contributed by atoms with Crippen LogP contribution in [-0.2, 0) is 14.4 Å². The number of nitrogens with one attached hydrogen (secondary N) is 1. The maximum atomic E-state index is 10.9. The summed E-state index contributed by atoms with van der Waals surface area (Å²) in [6.45, 7) is 0. The molecule has 1 aliphatic heterocycles. The fourth-order valence-corrected chi connectivity index (χ4v) is 1.42. The second-order valence-electron chi connectivity index (χ2n) is 3.18. The highest BCUT2D eigenvalue weighted by atomic mass is 16.7. The lowest BCUT2D eigenvalue weighted by Gasteiger charge is -2.09. The van der Waals surface area contributed by atoms with Crippen LogP contribution in [-0.4, -0.2) is 11.8 Å². The second-order valence-corrected chi connectivity index (χ2v) is 3.18. The summed E-state index contributed by atoms with van der Waals surface area (Å²) in [6, 6.07) is 0. The number of nitrogens with two attached hydrogens (primary N) is 2. The predicted molar refractivity (Wildman–Crippen MR) is 50.3 cm³/mol. The van der Waals surface area contributed by atoms with E-state index in [1.807, 2.05) is 0 Å². The third-order valence-electron chi connectivity index (χ3n) is 2.17. The fraction of sp³-hybridized carbons (Fsp3) is 0.111. The molecule has 0 aromatic rings. The van der Waals surface area contributed by atoms with E-state index >= 15 is 0 Å². The highest BCUT2D eigenvalue weighted by molar-refractivity contribution is 5.93. The van der Waals surface area contributed by atoms with Crippen molar-refractivity contribution in [1.29, 1.82) is 0 Å². The van der Waals surface area contributed by atoms with Crippen LogP contribution < -0.4 is 16.9 Å². The molecule has 0 aromatic carbocycles. The molecule has 0 fully saturated rings. The van der Waals surface area contributed by atoms with Crippen molar-refractivity contribution in [1.82, 2.24) is 5.48 Å². The first kappa shape index (κ1) is 9.32. The zero-order chi connectivity index (χ0) is 11.0. The Morgan fingerprint density at radius 2 is 2.13 bits per heavy atom. The van der Waals surface area contributed by atoms with Crippen molar-refractivity contribution in [2.75, 3.05) is 0 Å². The van der Waals surface area contributed by atoms with Gasteiger partial charge in [0.25, 0.3) is 5.91 Å². The lowest BCUT2D eigenvalue weighted by atomic mass is 9.96. The van der Waals surface area contributed by atoms with Crippen molar-refractivity contribution in [3.63, 3.8) is 0 Å². The Labute approximate surface area is 85.2 Å². The van der Waals surface area contributed by atoms with Gasteiger partial charge in [0.1, 0.15) is 0 Å². The van der Waals surface area contributed by atoms with Gasteiger partial charge in [0, 0.05) is 0 Å². The zero-order valence-corrected chi connectivity index (χ0v) is 7.69. The first-order valence-corrected chi connectivity index (χ1v) is 4.26. The van der Waals surface area contributed by atoms with Gasteiger partial charge in [-0.1, -0.05) is 12.2 Å². The van der Waals surface area contributed by atoms with Gasteiger partial charge in [-0.25, -0.2) is 5.48 Å². The molecule has 6 heteroatoms. The third kappa shape index (κ3) is 1.45. The minimum absolute atomic E-state index is 0.0421. The molecular weight excluding hydrogens is 198 g/mol. The quantitative estimate of drug-likeness (QED) is 0.529. The molecule has 0 unspecified atom stereocenters. The summed E-state index contributed by atoms with van der Waals surface area (Å²) in [5.74, 6) is -1.58. The van der Waals surface area contributed by atoms with E-state index in [4.69, 9.17) is 16.3 Å². The van der Waals surface area contributed by atoms with Gasteiger partial charge in [-0.3, -0.25) is 9.59 Å². The van der Waals surface area contributed by atoms with Crippen LogP contribution in [0.25, 0.3) is 0 Å². The van der Waals surface area contributed by atoms with Gasteiger partial charge in [-0.05, 0) is 6.08 Å². The molecular formula is C9H9N3O3. The number of carbonyl (C=O) groups excluding carboxylic acids is 2. The summed E-state index contributed by atoms with van der Waals surface area (Å²) in [5, 5.41) is 0. The van der Waals surface area contributed by atoms with E-state index in [0.717, 1.165) is 0 Å². The standard InChI is InChI=1S/C9H9N3O3/c10-8(13)4-1-2-5-6(3-4)12-15-7(5)9(11)14/h1-4,12H,(H2,10,13)(H2,11,14)/t4-/m0/s1. The minimum atomic E-state index is -0.664. The Morgan fingerprint density at radius 3 is 2.73 bits per heavy atom. The fourth-order valence-electron chi connectivity index (χ4n) is 1.42. The summed E-state index contributed by atoms with van der Waals surface area (Å²) in [4.78, 5) is 26.7. The normalized spacial score (nSPS) is 22.7. The third-order valence-corrected chi connectivity index (χ3v) is 2.17.